The van der Waals surface area contributed by atoms with E-state index in [9.17, 15) is 19.5 Å². The van der Waals surface area contributed by atoms with Crippen LogP contribution in [0.4, 0.5) is 5.69 Å². The summed E-state index contributed by atoms with van der Waals surface area (Å²) >= 11 is 0. The molecule has 0 saturated carbocycles. The van der Waals surface area contributed by atoms with Crippen molar-refractivity contribution >= 4 is 23.3 Å². The van der Waals surface area contributed by atoms with Gasteiger partial charge in [-0.05, 0) is 18.2 Å². The lowest BCUT2D eigenvalue weighted by Gasteiger charge is -2.26. The number of nitrogens with zero attached hydrogens (tertiary/aromatic N) is 1. The predicted octanol–water partition coefficient (Wildman–Crippen LogP) is 0.636. The van der Waals surface area contributed by atoms with Gasteiger partial charge in [0.2, 0.25) is 0 Å². The number of hydrogen-bond acceptors (Lipinski definition) is 5. The second kappa shape index (κ2) is 5.57. The number of carboxylic acid groups (broad SMARTS) is 1. The number of carboxylic acids is 1. The third kappa shape index (κ3) is 2.55. The Labute approximate surface area is 131 Å². The van der Waals surface area contributed by atoms with Crippen molar-refractivity contribution in [2.75, 3.05) is 18.6 Å². The Balaban J connectivity index is 2.05. The smallest absolute Gasteiger partial charge is 0.264 e. The number of benzene rings is 2. The summed E-state index contributed by atoms with van der Waals surface area (Å²) in [7, 11) is 1.59. The van der Waals surface area contributed by atoms with Crippen LogP contribution in [0.5, 0.6) is 5.75 Å². The number of hydrogen-bond donors (Lipinski definition) is 0. The number of ketones is 1. The molecule has 116 valence electrons. The van der Waals surface area contributed by atoms with Crippen molar-refractivity contribution in [1.82, 2.24) is 0 Å². The Morgan fingerprint density at radius 2 is 1.83 bits per heavy atom. The van der Waals surface area contributed by atoms with Crippen molar-refractivity contribution in [2.45, 2.75) is 0 Å². The minimum absolute atomic E-state index is 0.0400. The van der Waals surface area contributed by atoms with E-state index in [1.54, 1.807) is 19.2 Å². The molecule has 0 aromatic heterocycles. The molecule has 0 atom stereocenters. The maximum atomic E-state index is 12.6. The van der Waals surface area contributed by atoms with Crippen LogP contribution >= 0.6 is 0 Å². The molecule has 1 amide bonds. The predicted molar refractivity (Wildman–Crippen MR) is 79.6 cm³/mol. The lowest BCUT2D eigenvalue weighted by Crippen LogP contribution is -2.35. The van der Waals surface area contributed by atoms with Gasteiger partial charge in [0.25, 0.3) is 5.91 Å². The normalized spacial score (nSPS) is 13.3. The highest BCUT2D eigenvalue weighted by atomic mass is 16.5. The summed E-state index contributed by atoms with van der Waals surface area (Å²) in [5.41, 5.74) is 0.606. The molecule has 0 N–H and O–H groups in total. The minimum Gasteiger partial charge on any atom is -0.545 e. The third-order valence-corrected chi connectivity index (χ3v) is 3.70. The van der Waals surface area contributed by atoms with Crippen LogP contribution in [0.2, 0.25) is 0 Å². The number of fused-ring (bicyclic) bond motifs is 1. The van der Waals surface area contributed by atoms with Crippen LogP contribution in [0.25, 0.3) is 0 Å². The molecule has 1 aliphatic heterocycles. The van der Waals surface area contributed by atoms with Gasteiger partial charge in [0.15, 0.2) is 12.4 Å². The monoisotopic (exact) mass is 310 g/mol. The van der Waals surface area contributed by atoms with Crippen molar-refractivity contribution in [3.05, 3.63) is 59.2 Å². The van der Waals surface area contributed by atoms with Gasteiger partial charge in [-0.15, -0.1) is 0 Å². The molecule has 0 spiro atoms. The van der Waals surface area contributed by atoms with Gasteiger partial charge < -0.3 is 19.5 Å². The Bertz CT molecular complexity index is 827. The van der Waals surface area contributed by atoms with Gasteiger partial charge >= 0.3 is 0 Å². The van der Waals surface area contributed by atoms with Crippen LogP contribution in [0, 0.1) is 0 Å². The fourth-order valence-corrected chi connectivity index (χ4v) is 2.43. The molecule has 0 aliphatic carbocycles. The number of rotatable bonds is 3. The van der Waals surface area contributed by atoms with Gasteiger partial charge in [-0.2, -0.15) is 0 Å². The summed E-state index contributed by atoms with van der Waals surface area (Å²) in [5, 5.41) is 11.1. The summed E-state index contributed by atoms with van der Waals surface area (Å²) in [4.78, 5) is 36.8. The van der Waals surface area contributed by atoms with Gasteiger partial charge in [-0.1, -0.05) is 24.3 Å². The molecular weight excluding hydrogens is 298 g/mol. The van der Waals surface area contributed by atoms with E-state index in [4.69, 9.17) is 4.74 Å². The van der Waals surface area contributed by atoms with Crippen LogP contribution < -0.4 is 14.7 Å². The molecule has 2 aromatic carbocycles. The molecule has 6 heteroatoms. The van der Waals surface area contributed by atoms with Gasteiger partial charge in [0, 0.05) is 23.7 Å². The molecule has 6 nitrogen and oxygen atoms in total. The second-order valence-electron chi connectivity index (χ2n) is 5.09. The summed E-state index contributed by atoms with van der Waals surface area (Å²) in [6.45, 7) is -0.0513. The zero-order valence-corrected chi connectivity index (χ0v) is 12.2. The molecule has 0 bridgehead atoms. The van der Waals surface area contributed by atoms with Crippen molar-refractivity contribution < 1.29 is 24.2 Å². The maximum Gasteiger partial charge on any atom is 0.264 e. The summed E-state index contributed by atoms with van der Waals surface area (Å²) in [6.07, 6.45) is 0. The van der Waals surface area contributed by atoms with Gasteiger partial charge in [-0.25, -0.2) is 0 Å². The highest BCUT2D eigenvalue weighted by molar-refractivity contribution is 6.14. The number of amides is 1. The topological polar surface area (TPSA) is 86.7 Å². The average molecular weight is 310 g/mol. The molecule has 2 aromatic rings. The maximum absolute atomic E-state index is 12.6. The van der Waals surface area contributed by atoms with Crippen molar-refractivity contribution in [3.63, 3.8) is 0 Å². The molecule has 0 fully saturated rings. The first-order valence-electron chi connectivity index (χ1n) is 6.87. The molecule has 1 heterocycles. The van der Waals surface area contributed by atoms with E-state index in [-0.39, 0.29) is 29.2 Å². The fraction of sp³-hybridized carbons (Fsp3) is 0.118. The Hall–Kier alpha value is -3.15. The van der Waals surface area contributed by atoms with E-state index in [1.165, 1.54) is 35.2 Å². The lowest BCUT2D eigenvalue weighted by atomic mass is 9.97. The van der Waals surface area contributed by atoms with Crippen LogP contribution in [0.15, 0.2) is 42.5 Å². The lowest BCUT2D eigenvalue weighted by molar-refractivity contribution is -0.255. The highest BCUT2D eigenvalue weighted by Crippen LogP contribution is 2.32. The summed E-state index contributed by atoms with van der Waals surface area (Å²) < 4.78 is 5.30. The fourth-order valence-electron chi connectivity index (χ4n) is 2.43. The zero-order chi connectivity index (χ0) is 16.6. The third-order valence-electron chi connectivity index (χ3n) is 3.70. The largest absolute Gasteiger partial charge is 0.545 e. The first-order valence-corrected chi connectivity index (χ1v) is 6.87. The van der Waals surface area contributed by atoms with E-state index < -0.39 is 11.8 Å². The molecule has 0 saturated heterocycles. The van der Waals surface area contributed by atoms with Gasteiger partial charge in [0.1, 0.15) is 5.75 Å². The Kier molecular flexibility index (Phi) is 3.57. The van der Waals surface area contributed by atoms with Crippen LogP contribution in [0.1, 0.15) is 26.3 Å². The van der Waals surface area contributed by atoms with Crippen molar-refractivity contribution in [2.24, 2.45) is 0 Å². The molecule has 0 radical (unpaired) electrons. The van der Waals surface area contributed by atoms with E-state index in [0.717, 1.165) is 0 Å². The Morgan fingerprint density at radius 3 is 2.52 bits per heavy atom. The first kappa shape index (κ1) is 14.8. The van der Waals surface area contributed by atoms with Gasteiger partial charge in [0.05, 0.1) is 11.7 Å². The number of aromatic carboxylic acids is 1. The molecule has 1 aliphatic rings. The van der Waals surface area contributed by atoms with Crippen LogP contribution in [-0.4, -0.2) is 31.3 Å². The average Bonchev–Trinajstić information content (AvgIpc) is 2.57. The van der Waals surface area contributed by atoms with Gasteiger partial charge in [-0.3, -0.25) is 9.59 Å². The standard InChI is InChI=1S/C17H13NO5/c1-18-13-8-10(6-7-14(13)23-9-15(18)19)16(20)11-4-2-3-5-12(11)17(21)22/h2-8H,9H2,1H3,(H,21,22)/p-1. The van der Waals surface area contributed by atoms with Crippen LogP contribution in [0.3, 0.4) is 0 Å². The molecular formula is C17H12NO5-. The molecule has 23 heavy (non-hydrogen) atoms. The molecule has 0 unspecified atom stereocenters. The number of anilines is 1. The SMILES string of the molecule is CN1C(=O)COc2ccc(C(=O)c3ccccc3C(=O)[O-])cc21. The van der Waals surface area contributed by atoms with Crippen molar-refractivity contribution in [3.8, 4) is 5.75 Å². The van der Waals surface area contributed by atoms with E-state index in [0.29, 0.717) is 11.4 Å². The number of ether oxygens (including phenoxy) is 1. The minimum atomic E-state index is -1.41. The first-order chi connectivity index (χ1) is 11.0. The highest BCUT2D eigenvalue weighted by Gasteiger charge is 2.24. The number of carbonyl (C=O) groups is 3. The van der Waals surface area contributed by atoms with Crippen molar-refractivity contribution in [1.29, 1.82) is 0 Å². The number of likely N-dealkylation sites (N-methyl/N-ethyl adjacent to an activating group) is 1. The summed E-state index contributed by atoms with van der Waals surface area (Å²) in [5.74, 6) is -1.60. The quantitative estimate of drug-likeness (QED) is 0.776. The number of carbonyl (C=O) groups excluding carboxylic acids is 3. The van der Waals surface area contributed by atoms with E-state index in [1.807, 2.05) is 0 Å². The van der Waals surface area contributed by atoms with E-state index in [2.05, 4.69) is 0 Å². The van der Waals surface area contributed by atoms with Crippen LogP contribution in [-0.2, 0) is 4.79 Å². The zero-order valence-electron chi connectivity index (χ0n) is 12.2. The second-order valence-corrected chi connectivity index (χ2v) is 5.09. The van der Waals surface area contributed by atoms with E-state index >= 15 is 0 Å². The summed E-state index contributed by atoms with van der Waals surface area (Å²) in [6, 6.07) is 10.5. The Morgan fingerprint density at radius 1 is 1.13 bits per heavy atom. The molecule has 3 rings (SSSR count).